The van der Waals surface area contributed by atoms with Crippen LogP contribution >= 0.6 is 12.4 Å². The van der Waals surface area contributed by atoms with E-state index in [0.717, 1.165) is 13.1 Å². The standard InChI is InChI=1S/C14H22N2.ClH/c1-12(15)14-8-5-9-16(11-14)10-13-6-3-2-4-7-13;/h2-4,6-7,12,14H,5,8-11,15H2,1H3;1H. The molecule has 0 radical (unpaired) electrons. The highest BCUT2D eigenvalue weighted by molar-refractivity contribution is 5.85. The van der Waals surface area contributed by atoms with Crippen molar-refractivity contribution in [3.63, 3.8) is 0 Å². The number of hydrogen-bond donors (Lipinski definition) is 1. The molecule has 2 atom stereocenters. The fourth-order valence-corrected chi connectivity index (χ4v) is 2.51. The van der Waals surface area contributed by atoms with E-state index in [1.807, 2.05) is 0 Å². The molecule has 0 aromatic heterocycles. The van der Waals surface area contributed by atoms with E-state index >= 15 is 0 Å². The number of rotatable bonds is 3. The Bertz CT molecular complexity index is 313. The molecule has 0 amide bonds. The quantitative estimate of drug-likeness (QED) is 0.899. The molecule has 1 aromatic carbocycles. The first kappa shape index (κ1) is 14.5. The van der Waals surface area contributed by atoms with Gasteiger partial charge in [-0.2, -0.15) is 0 Å². The number of piperidine rings is 1. The lowest BCUT2D eigenvalue weighted by Gasteiger charge is -2.34. The molecule has 1 fully saturated rings. The zero-order valence-electron chi connectivity index (χ0n) is 10.5. The molecule has 3 heteroatoms. The lowest BCUT2D eigenvalue weighted by molar-refractivity contribution is 0.154. The predicted molar refractivity (Wildman–Crippen MR) is 75.3 cm³/mol. The van der Waals surface area contributed by atoms with Crippen molar-refractivity contribution in [2.75, 3.05) is 13.1 Å². The molecular formula is C14H23ClN2. The molecule has 17 heavy (non-hydrogen) atoms. The molecular weight excluding hydrogens is 232 g/mol. The van der Waals surface area contributed by atoms with Crippen LogP contribution in [-0.2, 0) is 6.54 Å². The van der Waals surface area contributed by atoms with Crippen molar-refractivity contribution in [3.05, 3.63) is 35.9 Å². The van der Waals surface area contributed by atoms with Crippen LogP contribution in [0, 0.1) is 5.92 Å². The van der Waals surface area contributed by atoms with E-state index in [-0.39, 0.29) is 12.4 Å². The van der Waals surface area contributed by atoms with Gasteiger partial charge >= 0.3 is 0 Å². The Morgan fingerprint density at radius 2 is 2.06 bits per heavy atom. The molecule has 2 rings (SSSR count). The third kappa shape index (κ3) is 4.30. The van der Waals surface area contributed by atoms with Crippen LogP contribution in [0.15, 0.2) is 30.3 Å². The minimum absolute atomic E-state index is 0. The van der Waals surface area contributed by atoms with Crippen LogP contribution < -0.4 is 5.73 Å². The van der Waals surface area contributed by atoms with E-state index in [1.165, 1.54) is 24.9 Å². The normalized spacial score (nSPS) is 22.8. The van der Waals surface area contributed by atoms with Gasteiger partial charge in [0, 0.05) is 19.1 Å². The van der Waals surface area contributed by atoms with Gasteiger partial charge in [0.25, 0.3) is 0 Å². The van der Waals surface area contributed by atoms with Crippen molar-refractivity contribution < 1.29 is 0 Å². The van der Waals surface area contributed by atoms with Gasteiger partial charge in [-0.3, -0.25) is 4.90 Å². The number of benzene rings is 1. The minimum atomic E-state index is 0. The van der Waals surface area contributed by atoms with Crippen LogP contribution in [0.3, 0.4) is 0 Å². The largest absolute Gasteiger partial charge is 0.328 e. The first-order chi connectivity index (χ1) is 7.75. The smallest absolute Gasteiger partial charge is 0.0233 e. The van der Waals surface area contributed by atoms with Crippen molar-refractivity contribution in [1.82, 2.24) is 4.90 Å². The Labute approximate surface area is 111 Å². The lowest BCUT2D eigenvalue weighted by Crippen LogP contribution is -2.41. The van der Waals surface area contributed by atoms with Crippen LogP contribution in [0.4, 0.5) is 0 Å². The van der Waals surface area contributed by atoms with Gasteiger partial charge in [0.15, 0.2) is 0 Å². The summed E-state index contributed by atoms with van der Waals surface area (Å²) >= 11 is 0. The second kappa shape index (κ2) is 7.00. The summed E-state index contributed by atoms with van der Waals surface area (Å²) in [6.45, 7) is 5.59. The lowest BCUT2D eigenvalue weighted by atomic mass is 9.92. The number of likely N-dealkylation sites (tertiary alicyclic amines) is 1. The SMILES string of the molecule is CC(N)C1CCCN(Cc2ccccc2)C1.Cl. The number of halogens is 1. The van der Waals surface area contributed by atoms with E-state index < -0.39 is 0 Å². The summed E-state index contributed by atoms with van der Waals surface area (Å²) in [5, 5.41) is 0. The number of hydrogen-bond acceptors (Lipinski definition) is 2. The highest BCUT2D eigenvalue weighted by atomic mass is 35.5. The maximum atomic E-state index is 6.00. The Morgan fingerprint density at radius 3 is 2.71 bits per heavy atom. The molecule has 0 aliphatic carbocycles. The van der Waals surface area contributed by atoms with E-state index in [1.54, 1.807) is 0 Å². The summed E-state index contributed by atoms with van der Waals surface area (Å²) in [4.78, 5) is 2.53. The van der Waals surface area contributed by atoms with Crippen molar-refractivity contribution in [3.8, 4) is 0 Å². The number of nitrogens with zero attached hydrogens (tertiary/aromatic N) is 1. The van der Waals surface area contributed by atoms with Gasteiger partial charge in [0.2, 0.25) is 0 Å². The molecule has 0 spiro atoms. The topological polar surface area (TPSA) is 29.3 Å². The van der Waals surface area contributed by atoms with Crippen LogP contribution in [-0.4, -0.2) is 24.0 Å². The minimum Gasteiger partial charge on any atom is -0.328 e. The van der Waals surface area contributed by atoms with Gasteiger partial charge in [-0.1, -0.05) is 30.3 Å². The highest BCUT2D eigenvalue weighted by Gasteiger charge is 2.22. The summed E-state index contributed by atoms with van der Waals surface area (Å²) in [5.41, 5.74) is 7.41. The summed E-state index contributed by atoms with van der Waals surface area (Å²) in [7, 11) is 0. The maximum absolute atomic E-state index is 6.00. The molecule has 1 aliphatic rings. The van der Waals surface area contributed by atoms with Crippen molar-refractivity contribution in [1.29, 1.82) is 0 Å². The molecule has 0 saturated carbocycles. The Kier molecular flexibility index (Phi) is 5.96. The zero-order chi connectivity index (χ0) is 11.4. The van der Waals surface area contributed by atoms with Crippen molar-refractivity contribution >= 4 is 12.4 Å². The summed E-state index contributed by atoms with van der Waals surface area (Å²) in [6.07, 6.45) is 2.59. The van der Waals surface area contributed by atoms with Gasteiger partial charge in [0.1, 0.15) is 0 Å². The second-order valence-electron chi connectivity index (χ2n) is 4.98. The van der Waals surface area contributed by atoms with Gasteiger partial charge in [0.05, 0.1) is 0 Å². The van der Waals surface area contributed by atoms with Crippen LogP contribution in [0.25, 0.3) is 0 Å². The average Bonchev–Trinajstić information content (AvgIpc) is 2.30. The van der Waals surface area contributed by atoms with Gasteiger partial charge in [-0.05, 0) is 37.8 Å². The molecule has 1 aromatic rings. The van der Waals surface area contributed by atoms with Gasteiger partial charge in [-0.25, -0.2) is 0 Å². The van der Waals surface area contributed by atoms with E-state index in [0.29, 0.717) is 12.0 Å². The fraction of sp³-hybridized carbons (Fsp3) is 0.571. The van der Waals surface area contributed by atoms with Crippen molar-refractivity contribution in [2.45, 2.75) is 32.4 Å². The van der Waals surface area contributed by atoms with Crippen molar-refractivity contribution in [2.24, 2.45) is 11.7 Å². The molecule has 0 bridgehead atoms. The Hall–Kier alpha value is -0.570. The highest BCUT2D eigenvalue weighted by Crippen LogP contribution is 2.20. The number of nitrogens with two attached hydrogens (primary N) is 1. The van der Waals surface area contributed by atoms with Crippen LogP contribution in [0.5, 0.6) is 0 Å². The van der Waals surface area contributed by atoms with E-state index in [9.17, 15) is 0 Å². The van der Waals surface area contributed by atoms with E-state index in [2.05, 4.69) is 42.2 Å². The first-order valence-electron chi connectivity index (χ1n) is 6.27. The predicted octanol–water partition coefficient (Wildman–Crippen LogP) is 2.67. The Morgan fingerprint density at radius 1 is 1.35 bits per heavy atom. The third-order valence-electron chi connectivity index (χ3n) is 3.53. The summed E-state index contributed by atoms with van der Waals surface area (Å²) in [6, 6.07) is 11.0. The first-order valence-corrected chi connectivity index (χ1v) is 6.27. The molecule has 2 N–H and O–H groups in total. The van der Waals surface area contributed by atoms with Gasteiger partial charge in [-0.15, -0.1) is 12.4 Å². The molecule has 1 heterocycles. The zero-order valence-corrected chi connectivity index (χ0v) is 11.3. The van der Waals surface area contributed by atoms with Crippen LogP contribution in [0.2, 0.25) is 0 Å². The van der Waals surface area contributed by atoms with E-state index in [4.69, 9.17) is 5.73 Å². The average molecular weight is 255 g/mol. The summed E-state index contributed by atoms with van der Waals surface area (Å²) in [5.74, 6) is 0.678. The molecule has 2 unspecified atom stereocenters. The molecule has 1 aliphatic heterocycles. The molecule has 1 saturated heterocycles. The maximum Gasteiger partial charge on any atom is 0.0233 e. The van der Waals surface area contributed by atoms with Gasteiger partial charge < -0.3 is 5.73 Å². The monoisotopic (exact) mass is 254 g/mol. The second-order valence-corrected chi connectivity index (χ2v) is 4.98. The Balaban J connectivity index is 0.00000144. The molecule has 2 nitrogen and oxygen atoms in total. The van der Waals surface area contributed by atoms with Crippen LogP contribution in [0.1, 0.15) is 25.3 Å². The molecule has 96 valence electrons. The fourth-order valence-electron chi connectivity index (χ4n) is 2.51. The summed E-state index contributed by atoms with van der Waals surface area (Å²) < 4.78 is 0. The third-order valence-corrected chi connectivity index (χ3v) is 3.53.